The van der Waals surface area contributed by atoms with Crippen LogP contribution in [0.3, 0.4) is 0 Å². The molecule has 160 valence electrons. The summed E-state index contributed by atoms with van der Waals surface area (Å²) in [6, 6.07) is 10.0. The van der Waals surface area contributed by atoms with Gasteiger partial charge in [-0.05, 0) is 12.0 Å². The van der Waals surface area contributed by atoms with Gasteiger partial charge in [-0.2, -0.15) is 0 Å². The maximum absolute atomic E-state index is 10.3. The van der Waals surface area contributed by atoms with Crippen LogP contribution in [0.15, 0.2) is 74.4 Å². The number of carboxylic acids is 1. The third kappa shape index (κ3) is 26.9. The number of benzene rings is 1. The summed E-state index contributed by atoms with van der Waals surface area (Å²) in [7, 11) is 0. The number of ether oxygens (including phenoxy) is 1. The van der Waals surface area contributed by atoms with E-state index >= 15 is 0 Å². The van der Waals surface area contributed by atoms with Gasteiger partial charge in [0.2, 0.25) is 5.91 Å². The molecule has 4 N–H and O–H groups in total. The zero-order chi connectivity index (χ0) is 23.1. The fourth-order valence-electron chi connectivity index (χ4n) is 1.04. The van der Waals surface area contributed by atoms with Crippen molar-refractivity contribution in [3.63, 3.8) is 0 Å². The van der Waals surface area contributed by atoms with Gasteiger partial charge in [0.15, 0.2) is 0 Å². The Morgan fingerprint density at radius 3 is 1.86 bits per heavy atom. The van der Waals surface area contributed by atoms with Crippen molar-refractivity contribution in [3.8, 4) is 0 Å². The molecule has 0 spiro atoms. The molecule has 7 nitrogen and oxygen atoms in total. The summed E-state index contributed by atoms with van der Waals surface area (Å²) in [6.45, 7) is 15.2. The number of esters is 1. The van der Waals surface area contributed by atoms with Crippen molar-refractivity contribution in [2.75, 3.05) is 13.2 Å². The van der Waals surface area contributed by atoms with Gasteiger partial charge in [-0.1, -0.05) is 76.1 Å². The molecule has 29 heavy (non-hydrogen) atoms. The van der Waals surface area contributed by atoms with Crippen LogP contribution in [0.4, 0.5) is 0 Å². The predicted molar refractivity (Wildman–Crippen MR) is 116 cm³/mol. The Balaban J connectivity index is -0.000000317. The standard InChI is InChI=1S/C8H8.C7H12O2.C4H7NO2.C3H4O2/c1-2-8-6-4-3-5-7-8;1-3-5-6-9-7(8)4-2;1-3(2-6)4(5)7;1-2-3(4)5/h2-7H,1H2;4H,2-3,5-6H2,1H3;6H,1-2H2,(H2,5,7);2H,1H2,(H,4,5). The number of aliphatic carboxylic acids is 1. The highest BCUT2D eigenvalue weighted by molar-refractivity contribution is 5.91. The van der Waals surface area contributed by atoms with Crippen LogP contribution in [0.5, 0.6) is 0 Å². The summed E-state index contributed by atoms with van der Waals surface area (Å²) in [5.41, 5.74) is 5.86. The minimum absolute atomic E-state index is 0.0417. The Bertz CT molecular complexity index is 638. The monoisotopic (exact) mass is 405 g/mol. The van der Waals surface area contributed by atoms with Crippen molar-refractivity contribution in [2.45, 2.75) is 19.8 Å². The smallest absolute Gasteiger partial charge is 0.330 e. The Kier molecular flexibility index (Phi) is 23.6. The molecule has 0 aromatic heterocycles. The molecule has 0 radical (unpaired) electrons. The molecule has 0 bridgehead atoms. The summed E-state index contributed by atoms with van der Waals surface area (Å²) in [5, 5.41) is 15.7. The molecule has 0 aliphatic rings. The molecule has 7 heteroatoms. The second-order valence-electron chi connectivity index (χ2n) is 5.01. The van der Waals surface area contributed by atoms with E-state index in [9.17, 15) is 14.4 Å². The maximum Gasteiger partial charge on any atom is 0.330 e. The van der Waals surface area contributed by atoms with Crippen LogP contribution in [-0.4, -0.2) is 41.3 Å². The molecule has 0 saturated carbocycles. The minimum atomic E-state index is -0.981. The summed E-state index contributed by atoms with van der Waals surface area (Å²) in [6.07, 6.45) is 5.82. The molecule has 1 amide bonds. The molecule has 0 saturated heterocycles. The third-order valence-corrected chi connectivity index (χ3v) is 2.66. The Morgan fingerprint density at radius 1 is 1.10 bits per heavy atom. The Labute approximate surface area is 172 Å². The van der Waals surface area contributed by atoms with E-state index in [-0.39, 0.29) is 18.1 Å². The van der Waals surface area contributed by atoms with Crippen LogP contribution in [0.2, 0.25) is 0 Å². The first kappa shape index (κ1) is 30.3. The Morgan fingerprint density at radius 2 is 1.62 bits per heavy atom. The molecule has 0 fully saturated rings. The average molecular weight is 405 g/mol. The predicted octanol–water partition coefficient (Wildman–Crippen LogP) is 3.12. The SMILES string of the molecule is C=C(CO)C(N)=O.C=CC(=O)O.C=CC(=O)OCCCC.C=Cc1ccccc1. The summed E-state index contributed by atoms with van der Waals surface area (Å²) in [4.78, 5) is 29.5. The number of aliphatic hydroxyl groups is 1. The van der Waals surface area contributed by atoms with Gasteiger partial charge in [-0.25, -0.2) is 9.59 Å². The van der Waals surface area contributed by atoms with Gasteiger partial charge >= 0.3 is 11.9 Å². The van der Waals surface area contributed by atoms with E-state index in [2.05, 4.69) is 36.8 Å². The largest absolute Gasteiger partial charge is 0.478 e. The molecular formula is C22H31NO6. The number of carbonyl (C=O) groups excluding carboxylic acids is 2. The Hall–Kier alpha value is -3.45. The fourth-order valence-corrected chi connectivity index (χ4v) is 1.04. The number of nitrogens with two attached hydrogens (primary N) is 1. The molecule has 0 aliphatic heterocycles. The highest BCUT2D eigenvalue weighted by Crippen LogP contribution is 1.97. The van der Waals surface area contributed by atoms with Crippen molar-refractivity contribution in [3.05, 3.63) is 79.9 Å². The number of carbonyl (C=O) groups is 3. The second kappa shape index (κ2) is 22.6. The first-order valence-electron chi connectivity index (χ1n) is 8.60. The first-order chi connectivity index (χ1) is 13.7. The molecule has 0 atom stereocenters. The number of unbranched alkanes of at least 4 members (excludes halogenated alkanes) is 1. The number of hydrogen-bond acceptors (Lipinski definition) is 5. The second-order valence-corrected chi connectivity index (χ2v) is 5.01. The van der Waals surface area contributed by atoms with Crippen LogP contribution in [0.1, 0.15) is 25.3 Å². The zero-order valence-corrected chi connectivity index (χ0v) is 16.9. The number of amides is 1. The number of aliphatic hydroxyl groups excluding tert-OH is 1. The van der Waals surface area contributed by atoms with E-state index < -0.39 is 11.9 Å². The highest BCUT2D eigenvalue weighted by Gasteiger charge is 1.95. The van der Waals surface area contributed by atoms with Crippen molar-refractivity contribution in [2.24, 2.45) is 5.73 Å². The molecular weight excluding hydrogens is 374 g/mol. The van der Waals surface area contributed by atoms with Crippen molar-refractivity contribution >= 4 is 23.9 Å². The summed E-state index contributed by atoms with van der Waals surface area (Å²) in [5.74, 6) is -1.96. The van der Waals surface area contributed by atoms with Crippen LogP contribution in [0.25, 0.3) is 6.08 Å². The van der Waals surface area contributed by atoms with E-state index in [4.69, 9.17) is 10.2 Å². The normalized spacial score (nSPS) is 8.07. The minimum Gasteiger partial charge on any atom is -0.478 e. The van der Waals surface area contributed by atoms with Crippen molar-refractivity contribution in [1.82, 2.24) is 0 Å². The number of rotatable bonds is 8. The zero-order valence-electron chi connectivity index (χ0n) is 16.9. The quantitative estimate of drug-likeness (QED) is 0.346. The fraction of sp³-hybridized carbons (Fsp3) is 0.227. The van der Waals surface area contributed by atoms with E-state index in [1.807, 2.05) is 43.3 Å². The van der Waals surface area contributed by atoms with Gasteiger partial charge in [0, 0.05) is 17.7 Å². The number of carboxylic acid groups (broad SMARTS) is 1. The van der Waals surface area contributed by atoms with Crippen LogP contribution < -0.4 is 5.73 Å². The van der Waals surface area contributed by atoms with E-state index in [0.29, 0.717) is 6.61 Å². The molecule has 1 aromatic rings. The van der Waals surface area contributed by atoms with Gasteiger partial charge in [-0.3, -0.25) is 4.79 Å². The summed E-state index contributed by atoms with van der Waals surface area (Å²) < 4.78 is 4.67. The van der Waals surface area contributed by atoms with Crippen LogP contribution in [0, 0.1) is 0 Å². The lowest BCUT2D eigenvalue weighted by atomic mass is 10.2. The van der Waals surface area contributed by atoms with Crippen molar-refractivity contribution in [1.29, 1.82) is 0 Å². The lowest BCUT2D eigenvalue weighted by Crippen LogP contribution is -2.14. The van der Waals surface area contributed by atoms with E-state index in [1.165, 1.54) is 11.6 Å². The van der Waals surface area contributed by atoms with Gasteiger partial charge in [0.05, 0.1) is 13.2 Å². The van der Waals surface area contributed by atoms with Gasteiger partial charge in [0.25, 0.3) is 0 Å². The van der Waals surface area contributed by atoms with Crippen molar-refractivity contribution < 1.29 is 29.3 Å². The molecule has 0 unspecified atom stereocenters. The third-order valence-electron chi connectivity index (χ3n) is 2.66. The molecule has 0 aliphatic carbocycles. The van der Waals surface area contributed by atoms with Gasteiger partial charge in [-0.15, -0.1) is 0 Å². The lowest BCUT2D eigenvalue weighted by molar-refractivity contribution is -0.138. The summed E-state index contributed by atoms with van der Waals surface area (Å²) >= 11 is 0. The molecule has 1 aromatic carbocycles. The first-order valence-corrected chi connectivity index (χ1v) is 8.60. The molecule has 0 heterocycles. The number of hydrogen-bond donors (Lipinski definition) is 3. The van der Waals surface area contributed by atoms with E-state index in [1.54, 1.807) is 0 Å². The van der Waals surface area contributed by atoms with Crippen LogP contribution >= 0.6 is 0 Å². The van der Waals surface area contributed by atoms with Gasteiger partial charge in [0.1, 0.15) is 0 Å². The topological polar surface area (TPSA) is 127 Å². The van der Waals surface area contributed by atoms with E-state index in [0.717, 1.165) is 18.9 Å². The molecule has 1 rings (SSSR count). The van der Waals surface area contributed by atoms with Gasteiger partial charge < -0.3 is 20.7 Å². The lowest BCUT2D eigenvalue weighted by Gasteiger charge is -1.97. The maximum atomic E-state index is 10.3. The highest BCUT2D eigenvalue weighted by atomic mass is 16.5. The average Bonchev–Trinajstić information content (AvgIpc) is 2.74. The number of primary amides is 1. The van der Waals surface area contributed by atoms with Crippen LogP contribution in [-0.2, 0) is 19.1 Å².